The predicted octanol–water partition coefficient (Wildman–Crippen LogP) is 8.19. The van der Waals surface area contributed by atoms with Crippen molar-refractivity contribution < 1.29 is 10.2 Å². The van der Waals surface area contributed by atoms with Gasteiger partial charge in [-0.3, -0.25) is 0 Å². The maximum Gasteiger partial charge on any atom is 0.0754 e. The fraction of sp³-hybridized carbons (Fsp3) is 0.867. The highest BCUT2D eigenvalue weighted by Crippen LogP contribution is 2.33. The lowest BCUT2D eigenvalue weighted by Gasteiger charge is -2.33. The number of aliphatic hydroxyl groups is 2. The van der Waals surface area contributed by atoms with Crippen molar-refractivity contribution in [3.8, 4) is 0 Å². The highest BCUT2D eigenvalue weighted by atomic mass is 16.3. The SMILES string of the molecule is CC(C)[C@@H]1CC[C@@H](C)C[C@H]1O.CC1=CC[C@H](C(C)C)CC1.CC1=C[C@@H](O)[C@H](C(C)C)CC1. The monoisotopic (exact) mass is 448 g/mol. The average Bonchev–Trinajstić information content (AvgIpc) is 2.68. The van der Waals surface area contributed by atoms with Gasteiger partial charge in [-0.25, -0.2) is 0 Å². The van der Waals surface area contributed by atoms with Crippen LogP contribution < -0.4 is 0 Å². The molecule has 0 aliphatic heterocycles. The van der Waals surface area contributed by atoms with Gasteiger partial charge in [-0.2, -0.15) is 0 Å². The van der Waals surface area contributed by atoms with Crippen LogP contribution in [0.3, 0.4) is 0 Å². The summed E-state index contributed by atoms with van der Waals surface area (Å²) in [5, 5.41) is 19.3. The molecule has 0 aromatic carbocycles. The molecule has 6 atom stereocenters. The van der Waals surface area contributed by atoms with Crippen molar-refractivity contribution in [2.24, 2.45) is 41.4 Å². The minimum absolute atomic E-state index is 0.0289. The molecule has 0 unspecified atom stereocenters. The molecule has 0 aromatic rings. The molecule has 3 rings (SSSR count). The van der Waals surface area contributed by atoms with E-state index in [1.807, 2.05) is 6.08 Å². The molecule has 0 heterocycles. The number of aliphatic hydroxyl groups excluding tert-OH is 2. The lowest BCUT2D eigenvalue weighted by molar-refractivity contribution is 0.0266. The van der Waals surface area contributed by atoms with Gasteiger partial charge in [0.15, 0.2) is 0 Å². The highest BCUT2D eigenvalue weighted by Gasteiger charge is 2.28. The lowest BCUT2D eigenvalue weighted by Crippen LogP contribution is -2.31. The number of allylic oxidation sites excluding steroid dienone is 3. The number of rotatable bonds is 3. The Bertz CT molecular complexity index is 571. The molecule has 0 saturated heterocycles. The van der Waals surface area contributed by atoms with Crippen LogP contribution in [0.1, 0.15) is 114 Å². The topological polar surface area (TPSA) is 40.5 Å². The summed E-state index contributed by atoms with van der Waals surface area (Å²) in [6.07, 6.45) is 14.1. The predicted molar refractivity (Wildman–Crippen MR) is 141 cm³/mol. The summed E-state index contributed by atoms with van der Waals surface area (Å²) in [5.74, 6) is 4.88. The van der Waals surface area contributed by atoms with Gasteiger partial charge in [0.2, 0.25) is 0 Å². The normalized spacial score (nSPS) is 33.1. The molecule has 3 aliphatic rings. The van der Waals surface area contributed by atoms with Crippen molar-refractivity contribution >= 4 is 0 Å². The van der Waals surface area contributed by atoms with Gasteiger partial charge in [0.25, 0.3) is 0 Å². The van der Waals surface area contributed by atoms with E-state index in [2.05, 4.69) is 68.4 Å². The average molecular weight is 449 g/mol. The minimum atomic E-state index is -0.191. The van der Waals surface area contributed by atoms with E-state index in [4.69, 9.17) is 0 Å². The first-order valence-electron chi connectivity index (χ1n) is 13.6. The Labute approximate surface area is 201 Å². The largest absolute Gasteiger partial charge is 0.393 e. The molecular formula is C30H56O2. The van der Waals surface area contributed by atoms with Crippen molar-refractivity contribution in [2.75, 3.05) is 0 Å². The Kier molecular flexibility index (Phi) is 13.4. The molecule has 2 N–H and O–H groups in total. The summed E-state index contributed by atoms with van der Waals surface area (Å²) < 4.78 is 0. The van der Waals surface area contributed by atoms with Crippen LogP contribution in [0.25, 0.3) is 0 Å². The first-order valence-corrected chi connectivity index (χ1v) is 13.6. The first-order chi connectivity index (χ1) is 14.9. The Balaban J connectivity index is 0.000000240. The van der Waals surface area contributed by atoms with Crippen LogP contribution >= 0.6 is 0 Å². The van der Waals surface area contributed by atoms with Crippen LogP contribution in [0, 0.1) is 41.4 Å². The molecule has 1 saturated carbocycles. The van der Waals surface area contributed by atoms with Crippen molar-refractivity contribution in [3.05, 3.63) is 23.3 Å². The molecule has 2 nitrogen and oxygen atoms in total. The number of hydrogen-bond acceptors (Lipinski definition) is 2. The van der Waals surface area contributed by atoms with E-state index < -0.39 is 0 Å². The third-order valence-corrected chi connectivity index (χ3v) is 8.23. The van der Waals surface area contributed by atoms with Crippen LogP contribution in [0.15, 0.2) is 23.3 Å². The zero-order valence-corrected chi connectivity index (χ0v) is 22.9. The second-order valence-corrected chi connectivity index (χ2v) is 12.2. The smallest absolute Gasteiger partial charge is 0.0754 e. The standard InChI is InChI=1S/C10H20O.C10H18O.C10H18/c2*1-7(2)9-5-4-8(3)6-10(9)11;1-8(2)10-6-4-9(3)5-7-10/h7-11H,4-6H2,1-3H3;6-7,9-11H,4-5H2,1-3H3;4,8,10H,5-7H2,1-3H3/t8-,9+,10-;9-,10+;10-/m100/s1. The quantitative estimate of drug-likeness (QED) is 0.427. The van der Waals surface area contributed by atoms with Gasteiger partial charge in [0.1, 0.15) is 0 Å². The van der Waals surface area contributed by atoms with Gasteiger partial charge >= 0.3 is 0 Å². The molecular weight excluding hydrogens is 392 g/mol. The molecule has 2 heteroatoms. The van der Waals surface area contributed by atoms with E-state index in [-0.39, 0.29) is 12.2 Å². The summed E-state index contributed by atoms with van der Waals surface area (Å²) >= 11 is 0. The molecule has 0 radical (unpaired) electrons. The fourth-order valence-electron chi connectivity index (χ4n) is 5.53. The van der Waals surface area contributed by atoms with Gasteiger partial charge in [-0.15, -0.1) is 0 Å². The number of hydrogen-bond donors (Lipinski definition) is 2. The third-order valence-electron chi connectivity index (χ3n) is 8.23. The van der Waals surface area contributed by atoms with Gasteiger partial charge in [0, 0.05) is 0 Å². The molecule has 0 aromatic heterocycles. The van der Waals surface area contributed by atoms with E-state index >= 15 is 0 Å². The molecule has 32 heavy (non-hydrogen) atoms. The van der Waals surface area contributed by atoms with Crippen LogP contribution in [0.2, 0.25) is 0 Å². The Morgan fingerprint density at radius 3 is 1.78 bits per heavy atom. The van der Waals surface area contributed by atoms with Crippen LogP contribution in [-0.4, -0.2) is 22.4 Å². The van der Waals surface area contributed by atoms with E-state index in [9.17, 15) is 10.2 Å². The van der Waals surface area contributed by atoms with Gasteiger partial charge in [-0.05, 0) is 100 Å². The molecule has 0 bridgehead atoms. The van der Waals surface area contributed by atoms with E-state index in [1.54, 1.807) is 5.57 Å². The minimum Gasteiger partial charge on any atom is -0.393 e. The Morgan fingerprint density at radius 1 is 0.750 bits per heavy atom. The molecule has 1 fully saturated rings. The van der Waals surface area contributed by atoms with Gasteiger partial charge < -0.3 is 10.2 Å². The Hall–Kier alpha value is -0.600. The van der Waals surface area contributed by atoms with Gasteiger partial charge in [0.05, 0.1) is 12.2 Å². The van der Waals surface area contributed by atoms with Crippen LogP contribution in [-0.2, 0) is 0 Å². The van der Waals surface area contributed by atoms with E-state index in [0.29, 0.717) is 23.7 Å². The zero-order valence-electron chi connectivity index (χ0n) is 22.9. The third kappa shape index (κ3) is 10.6. The molecule has 0 spiro atoms. The molecule has 188 valence electrons. The van der Waals surface area contributed by atoms with Crippen molar-refractivity contribution in [2.45, 2.75) is 126 Å². The second kappa shape index (κ2) is 14.6. The second-order valence-electron chi connectivity index (χ2n) is 12.2. The summed E-state index contributed by atoms with van der Waals surface area (Å²) in [7, 11) is 0. The maximum absolute atomic E-state index is 9.71. The van der Waals surface area contributed by atoms with E-state index in [1.165, 1.54) is 44.1 Å². The van der Waals surface area contributed by atoms with Gasteiger partial charge in [-0.1, -0.05) is 78.2 Å². The summed E-state index contributed by atoms with van der Waals surface area (Å²) in [4.78, 5) is 0. The molecule has 0 amide bonds. The summed E-state index contributed by atoms with van der Waals surface area (Å²) in [5.41, 5.74) is 2.94. The van der Waals surface area contributed by atoms with Crippen molar-refractivity contribution in [1.82, 2.24) is 0 Å². The van der Waals surface area contributed by atoms with Crippen LogP contribution in [0.4, 0.5) is 0 Å². The Morgan fingerprint density at radius 2 is 1.34 bits per heavy atom. The lowest BCUT2D eigenvalue weighted by atomic mass is 9.75. The van der Waals surface area contributed by atoms with E-state index in [0.717, 1.165) is 30.6 Å². The molecule has 3 aliphatic carbocycles. The summed E-state index contributed by atoms with van der Waals surface area (Å²) in [6, 6.07) is 0. The van der Waals surface area contributed by atoms with Crippen LogP contribution in [0.5, 0.6) is 0 Å². The van der Waals surface area contributed by atoms with Crippen molar-refractivity contribution in [3.63, 3.8) is 0 Å². The highest BCUT2D eigenvalue weighted by molar-refractivity contribution is 5.08. The fourth-order valence-corrected chi connectivity index (χ4v) is 5.53. The zero-order chi connectivity index (χ0) is 24.4. The summed E-state index contributed by atoms with van der Waals surface area (Å²) in [6.45, 7) is 20.0. The maximum atomic E-state index is 9.71. The van der Waals surface area contributed by atoms with Crippen molar-refractivity contribution in [1.29, 1.82) is 0 Å². The first kappa shape index (κ1) is 29.4.